The van der Waals surface area contributed by atoms with E-state index in [4.69, 9.17) is 9.88 Å². The van der Waals surface area contributed by atoms with Crippen molar-refractivity contribution in [2.45, 2.75) is 29.8 Å². The number of hydrogen-bond acceptors (Lipinski definition) is 6. The number of non-ortho nitro benzene ring substituents is 1. The molecule has 8 nitrogen and oxygen atoms in total. The highest BCUT2D eigenvalue weighted by atomic mass is 32.2. The largest absolute Gasteiger partial charge is 0.377 e. The zero-order valence-electron chi connectivity index (χ0n) is 11.1. The molecule has 0 spiro atoms. The van der Waals surface area contributed by atoms with Gasteiger partial charge in [-0.3, -0.25) is 10.1 Å². The summed E-state index contributed by atoms with van der Waals surface area (Å²) >= 11 is 0. The lowest BCUT2D eigenvalue weighted by molar-refractivity contribution is -0.385. The number of primary sulfonamides is 1. The molecule has 9 heteroatoms. The number of nitrogens with zero attached hydrogens (tertiary/aromatic N) is 2. The maximum atomic E-state index is 11.5. The van der Waals surface area contributed by atoms with Crippen LogP contribution in [0.5, 0.6) is 0 Å². The number of nitro groups is 1. The zero-order valence-corrected chi connectivity index (χ0v) is 12.0. The minimum Gasteiger partial charge on any atom is -0.377 e. The summed E-state index contributed by atoms with van der Waals surface area (Å²) in [4.78, 5) is 12.2. The van der Waals surface area contributed by atoms with Crippen LogP contribution >= 0.6 is 0 Å². The van der Waals surface area contributed by atoms with E-state index in [1.807, 2.05) is 4.90 Å². The summed E-state index contributed by atoms with van der Waals surface area (Å²) in [7, 11) is -4.00. The highest BCUT2D eigenvalue weighted by Gasteiger charge is 2.38. The minimum absolute atomic E-state index is 0.124. The van der Waals surface area contributed by atoms with Crippen LogP contribution in [-0.4, -0.2) is 38.6 Å². The molecule has 3 rings (SSSR count). The van der Waals surface area contributed by atoms with Gasteiger partial charge in [-0.25, -0.2) is 13.6 Å². The van der Waals surface area contributed by atoms with Crippen LogP contribution < -0.4 is 10.0 Å². The summed E-state index contributed by atoms with van der Waals surface area (Å²) < 4.78 is 28.5. The molecule has 0 aromatic heterocycles. The number of ether oxygens (including phenoxy) is 1. The molecule has 2 unspecified atom stereocenters. The Kier molecular flexibility index (Phi) is 3.34. The molecule has 2 aliphatic heterocycles. The van der Waals surface area contributed by atoms with Crippen LogP contribution in [0, 0.1) is 10.1 Å². The van der Waals surface area contributed by atoms with Crippen molar-refractivity contribution in [3.05, 3.63) is 28.3 Å². The summed E-state index contributed by atoms with van der Waals surface area (Å²) in [5.74, 6) is 0. The van der Waals surface area contributed by atoms with Crippen molar-refractivity contribution in [1.29, 1.82) is 0 Å². The first-order valence-corrected chi connectivity index (χ1v) is 8.09. The molecule has 2 N–H and O–H groups in total. The Hall–Kier alpha value is -1.71. The summed E-state index contributed by atoms with van der Waals surface area (Å²) in [6, 6.07) is 4.03. The minimum atomic E-state index is -4.00. The first kappa shape index (κ1) is 14.2. The Morgan fingerprint density at radius 3 is 2.38 bits per heavy atom. The third-order valence-corrected chi connectivity index (χ3v) is 4.85. The summed E-state index contributed by atoms with van der Waals surface area (Å²) in [6.07, 6.45) is 1.86. The molecular weight excluding hydrogens is 298 g/mol. The number of morpholine rings is 1. The van der Waals surface area contributed by atoms with Crippen molar-refractivity contribution in [3.8, 4) is 0 Å². The fraction of sp³-hybridized carbons (Fsp3) is 0.500. The lowest BCUT2D eigenvalue weighted by Gasteiger charge is -2.36. The SMILES string of the molecule is NS(=O)(=O)c1cc(N2C3CCC2COC3)cc([N+](=O)[O-])c1. The van der Waals surface area contributed by atoms with Crippen molar-refractivity contribution >= 4 is 21.4 Å². The van der Waals surface area contributed by atoms with Gasteiger partial charge < -0.3 is 9.64 Å². The van der Waals surface area contributed by atoms with Crippen LogP contribution in [-0.2, 0) is 14.8 Å². The van der Waals surface area contributed by atoms with E-state index in [0.717, 1.165) is 18.9 Å². The van der Waals surface area contributed by atoms with Gasteiger partial charge in [0.05, 0.1) is 35.1 Å². The molecule has 21 heavy (non-hydrogen) atoms. The molecule has 0 saturated carbocycles. The molecular formula is C12H15N3O5S. The first-order valence-electron chi connectivity index (χ1n) is 6.54. The number of nitro benzene ring substituents is 1. The number of anilines is 1. The van der Waals surface area contributed by atoms with Crippen molar-refractivity contribution in [2.75, 3.05) is 18.1 Å². The van der Waals surface area contributed by atoms with Crippen LogP contribution in [0.25, 0.3) is 0 Å². The lowest BCUT2D eigenvalue weighted by Crippen LogP contribution is -2.46. The second-order valence-electron chi connectivity index (χ2n) is 5.32. The van der Waals surface area contributed by atoms with Gasteiger partial charge in [-0.05, 0) is 18.9 Å². The number of rotatable bonds is 3. The normalized spacial score (nSPS) is 25.1. The quantitative estimate of drug-likeness (QED) is 0.645. The Bertz CT molecular complexity index is 674. The van der Waals surface area contributed by atoms with Gasteiger partial charge in [0.1, 0.15) is 0 Å². The van der Waals surface area contributed by atoms with Gasteiger partial charge in [0.15, 0.2) is 0 Å². The smallest absolute Gasteiger partial charge is 0.272 e. The summed E-state index contributed by atoms with van der Waals surface area (Å²) in [6.45, 7) is 1.09. The number of sulfonamides is 1. The van der Waals surface area contributed by atoms with Gasteiger partial charge in [0.2, 0.25) is 10.0 Å². The molecule has 1 aromatic rings. The van der Waals surface area contributed by atoms with Crippen LogP contribution in [0.3, 0.4) is 0 Å². The lowest BCUT2D eigenvalue weighted by atomic mass is 10.2. The van der Waals surface area contributed by atoms with Crippen molar-refractivity contribution in [3.63, 3.8) is 0 Å². The van der Waals surface area contributed by atoms with Crippen molar-refractivity contribution in [2.24, 2.45) is 5.14 Å². The molecule has 1 aromatic carbocycles. The van der Waals surface area contributed by atoms with Gasteiger partial charge in [-0.1, -0.05) is 0 Å². The fourth-order valence-electron chi connectivity index (χ4n) is 3.04. The fourth-order valence-corrected chi connectivity index (χ4v) is 3.61. The second-order valence-corrected chi connectivity index (χ2v) is 6.88. The van der Waals surface area contributed by atoms with Gasteiger partial charge in [0.25, 0.3) is 5.69 Å². The van der Waals surface area contributed by atoms with Crippen LogP contribution in [0.4, 0.5) is 11.4 Å². The molecule has 0 radical (unpaired) electrons. The van der Waals surface area contributed by atoms with Crippen molar-refractivity contribution < 1.29 is 18.1 Å². The maximum absolute atomic E-state index is 11.5. The van der Waals surface area contributed by atoms with E-state index in [0.29, 0.717) is 18.9 Å². The third-order valence-electron chi connectivity index (χ3n) is 3.95. The van der Waals surface area contributed by atoms with Gasteiger partial charge in [-0.15, -0.1) is 0 Å². The van der Waals surface area contributed by atoms with E-state index in [1.54, 1.807) is 0 Å². The number of nitrogens with two attached hydrogens (primary N) is 1. The van der Waals surface area contributed by atoms with Crippen LogP contribution in [0.15, 0.2) is 23.1 Å². The number of benzene rings is 1. The topological polar surface area (TPSA) is 116 Å². The van der Waals surface area contributed by atoms with E-state index in [1.165, 1.54) is 12.1 Å². The average molecular weight is 313 g/mol. The summed E-state index contributed by atoms with van der Waals surface area (Å²) in [5.41, 5.74) is 0.242. The van der Waals surface area contributed by atoms with E-state index < -0.39 is 14.9 Å². The second kappa shape index (κ2) is 4.93. The molecule has 2 aliphatic rings. The molecule has 2 saturated heterocycles. The molecule has 2 fully saturated rings. The highest BCUT2D eigenvalue weighted by molar-refractivity contribution is 7.89. The molecule has 2 atom stereocenters. The Balaban J connectivity index is 2.10. The Morgan fingerprint density at radius 2 is 1.86 bits per heavy atom. The van der Waals surface area contributed by atoms with Gasteiger partial charge in [0, 0.05) is 17.8 Å². The van der Waals surface area contributed by atoms with Gasteiger partial charge in [-0.2, -0.15) is 0 Å². The van der Waals surface area contributed by atoms with E-state index in [9.17, 15) is 18.5 Å². The molecule has 114 valence electrons. The van der Waals surface area contributed by atoms with Crippen LogP contribution in [0.2, 0.25) is 0 Å². The van der Waals surface area contributed by atoms with Crippen molar-refractivity contribution in [1.82, 2.24) is 0 Å². The Labute approximate surface area is 121 Å². The maximum Gasteiger partial charge on any atom is 0.272 e. The third kappa shape index (κ3) is 2.59. The predicted molar refractivity (Wildman–Crippen MR) is 74.6 cm³/mol. The predicted octanol–water partition coefficient (Wildman–Crippen LogP) is 0.610. The monoisotopic (exact) mass is 313 g/mol. The van der Waals surface area contributed by atoms with E-state index in [2.05, 4.69) is 0 Å². The number of fused-ring (bicyclic) bond motifs is 2. The van der Waals surface area contributed by atoms with E-state index >= 15 is 0 Å². The highest BCUT2D eigenvalue weighted by Crippen LogP contribution is 2.36. The number of hydrogen-bond donors (Lipinski definition) is 1. The average Bonchev–Trinajstić information content (AvgIpc) is 2.67. The summed E-state index contributed by atoms with van der Waals surface area (Å²) in [5, 5.41) is 16.1. The molecule has 2 heterocycles. The molecule has 2 bridgehead atoms. The Morgan fingerprint density at radius 1 is 1.24 bits per heavy atom. The van der Waals surface area contributed by atoms with E-state index in [-0.39, 0.29) is 22.7 Å². The zero-order chi connectivity index (χ0) is 15.2. The molecule has 0 aliphatic carbocycles. The van der Waals surface area contributed by atoms with Gasteiger partial charge >= 0.3 is 0 Å². The molecule has 0 amide bonds. The standard InChI is InChI=1S/C12H15N3O5S/c13-21(18,19)12-4-10(3-11(5-12)15(16)17)14-8-1-2-9(14)7-20-6-8/h3-5,8-9H,1-2,6-7H2,(H2,13,18,19). The first-order chi connectivity index (χ1) is 9.86. The van der Waals surface area contributed by atoms with Crippen LogP contribution in [0.1, 0.15) is 12.8 Å².